The second kappa shape index (κ2) is 6.92. The van der Waals surface area contributed by atoms with Crippen molar-refractivity contribution >= 4 is 54.8 Å². The number of sulfonamides is 1. The first-order valence-corrected chi connectivity index (χ1v) is 8.11. The van der Waals surface area contributed by atoms with Crippen molar-refractivity contribution in [2.75, 3.05) is 16.4 Å². The van der Waals surface area contributed by atoms with E-state index >= 15 is 0 Å². The third-order valence-corrected chi connectivity index (χ3v) is 4.32. The van der Waals surface area contributed by atoms with Gasteiger partial charge in [0, 0.05) is 10.9 Å². The van der Waals surface area contributed by atoms with Gasteiger partial charge in [-0.15, -0.1) is 11.6 Å². The molecule has 0 bridgehead atoms. The summed E-state index contributed by atoms with van der Waals surface area (Å²) in [4.78, 5) is 0. The van der Waals surface area contributed by atoms with Crippen LogP contribution in [-0.4, -0.2) is 26.7 Å². The van der Waals surface area contributed by atoms with Gasteiger partial charge in [0.05, 0.1) is 15.9 Å². The Kier molecular flexibility index (Phi) is 6.10. The van der Waals surface area contributed by atoms with Gasteiger partial charge in [-0.3, -0.25) is 4.72 Å². The lowest BCUT2D eigenvalue weighted by Gasteiger charge is -2.14. The first-order valence-electron chi connectivity index (χ1n) is 4.75. The van der Waals surface area contributed by atoms with E-state index in [1.165, 1.54) is 6.07 Å². The van der Waals surface area contributed by atoms with E-state index in [4.69, 9.17) is 23.2 Å². The zero-order valence-electron chi connectivity index (χ0n) is 9.17. The van der Waals surface area contributed by atoms with Crippen molar-refractivity contribution in [1.29, 1.82) is 0 Å². The van der Waals surface area contributed by atoms with Gasteiger partial charge in [0.1, 0.15) is 0 Å². The van der Waals surface area contributed by atoms with E-state index in [0.29, 0.717) is 0 Å². The van der Waals surface area contributed by atoms with E-state index in [0.717, 1.165) is 6.07 Å². The highest BCUT2D eigenvalue weighted by Gasteiger charge is 2.19. The van der Waals surface area contributed by atoms with Gasteiger partial charge in [0.2, 0.25) is 10.0 Å². The van der Waals surface area contributed by atoms with Crippen LogP contribution >= 0.6 is 39.1 Å². The molecule has 0 aromatic heterocycles. The molecule has 4 nitrogen and oxygen atoms in total. The minimum Gasteiger partial charge on any atom is -0.431 e. The Bertz CT molecular complexity index is 557. The molecule has 0 aliphatic carbocycles. The van der Waals surface area contributed by atoms with Crippen LogP contribution in [0, 0.1) is 0 Å². The fraction of sp³-hybridized carbons (Fsp3) is 0.333. The van der Waals surface area contributed by atoms with Crippen molar-refractivity contribution in [3.63, 3.8) is 0 Å². The minimum absolute atomic E-state index is 0.101. The zero-order valence-corrected chi connectivity index (χ0v) is 13.1. The molecule has 0 atom stereocenters. The number of alkyl halides is 3. The Balaban J connectivity index is 3.17. The Morgan fingerprint density at radius 3 is 2.58 bits per heavy atom. The molecular weight excluding hydrogens is 391 g/mol. The van der Waals surface area contributed by atoms with E-state index in [1.807, 2.05) is 0 Å². The molecule has 0 saturated carbocycles. The molecule has 0 fully saturated rings. The smallest absolute Gasteiger partial charge is 0.387 e. The molecule has 0 aliphatic heterocycles. The van der Waals surface area contributed by atoms with Gasteiger partial charge in [-0.25, -0.2) is 8.42 Å². The number of benzene rings is 1. The fourth-order valence-corrected chi connectivity index (χ4v) is 3.47. The second-order valence-electron chi connectivity index (χ2n) is 3.25. The van der Waals surface area contributed by atoms with Crippen LogP contribution in [-0.2, 0) is 10.0 Å². The lowest BCUT2D eigenvalue weighted by atomic mass is 10.3. The van der Waals surface area contributed by atoms with Crippen LogP contribution < -0.4 is 9.46 Å². The van der Waals surface area contributed by atoms with Gasteiger partial charge in [-0.2, -0.15) is 8.78 Å². The molecular formula is C9H8BrCl2F2NO3S. The third-order valence-electron chi connectivity index (χ3n) is 1.83. The number of hydrogen-bond acceptors (Lipinski definition) is 3. The molecule has 0 radical (unpaired) electrons. The summed E-state index contributed by atoms with van der Waals surface area (Å²) in [6.07, 6.45) is 0. The highest BCUT2D eigenvalue weighted by molar-refractivity contribution is 9.10. The number of halogens is 5. The van der Waals surface area contributed by atoms with Crippen molar-refractivity contribution < 1.29 is 21.9 Å². The quantitative estimate of drug-likeness (QED) is 0.743. The van der Waals surface area contributed by atoms with E-state index in [-0.39, 0.29) is 32.6 Å². The third kappa shape index (κ3) is 5.29. The Labute approximate surface area is 127 Å². The number of ether oxygens (including phenoxy) is 1. The van der Waals surface area contributed by atoms with Crippen molar-refractivity contribution in [2.45, 2.75) is 6.61 Å². The molecule has 0 spiro atoms. The molecule has 0 heterocycles. The van der Waals surface area contributed by atoms with E-state index < -0.39 is 16.6 Å². The van der Waals surface area contributed by atoms with E-state index in [9.17, 15) is 17.2 Å². The highest BCUT2D eigenvalue weighted by Crippen LogP contribution is 2.38. The molecule has 108 valence electrons. The van der Waals surface area contributed by atoms with Crippen molar-refractivity contribution in [3.8, 4) is 5.75 Å². The Morgan fingerprint density at radius 2 is 2.05 bits per heavy atom. The summed E-state index contributed by atoms with van der Waals surface area (Å²) in [6, 6.07) is 2.47. The fourth-order valence-electron chi connectivity index (χ4n) is 1.17. The molecule has 1 aromatic rings. The van der Waals surface area contributed by atoms with E-state index in [1.54, 1.807) is 0 Å². The highest BCUT2D eigenvalue weighted by atomic mass is 79.9. The SMILES string of the molecule is O=S(=O)(CCCl)Nc1cc(Cl)cc(Br)c1OC(F)F. The van der Waals surface area contributed by atoms with Gasteiger partial charge in [-0.05, 0) is 28.1 Å². The van der Waals surface area contributed by atoms with Crippen LogP contribution in [0.2, 0.25) is 5.02 Å². The standard InChI is InChI=1S/C9H8BrCl2F2NO3S/c10-6-3-5(12)4-7(8(6)18-9(13)14)15-19(16,17)2-1-11/h3-4,9,15H,1-2H2. The minimum atomic E-state index is -3.76. The molecule has 1 rings (SSSR count). The topological polar surface area (TPSA) is 55.4 Å². The summed E-state index contributed by atoms with van der Waals surface area (Å²) in [6.45, 7) is -3.10. The molecule has 1 N–H and O–H groups in total. The molecule has 19 heavy (non-hydrogen) atoms. The number of rotatable bonds is 6. The predicted octanol–water partition coefficient (Wildman–Crippen LogP) is 3.68. The van der Waals surface area contributed by atoms with Gasteiger partial charge >= 0.3 is 6.61 Å². The van der Waals surface area contributed by atoms with Crippen LogP contribution in [0.3, 0.4) is 0 Å². The molecule has 0 unspecified atom stereocenters. The Hall–Kier alpha value is -0.310. The lowest BCUT2D eigenvalue weighted by Crippen LogP contribution is -2.18. The maximum atomic E-state index is 12.3. The molecule has 1 aromatic carbocycles. The normalized spacial score (nSPS) is 11.7. The maximum Gasteiger partial charge on any atom is 0.387 e. The summed E-state index contributed by atoms with van der Waals surface area (Å²) in [5, 5.41) is 0.150. The number of hydrogen-bond donors (Lipinski definition) is 1. The number of anilines is 1. The summed E-state index contributed by atoms with van der Waals surface area (Å²) in [5.41, 5.74) is -0.190. The average Bonchev–Trinajstić information content (AvgIpc) is 2.22. The van der Waals surface area contributed by atoms with Crippen molar-refractivity contribution in [1.82, 2.24) is 0 Å². The average molecular weight is 399 g/mol. The van der Waals surface area contributed by atoms with Gasteiger partial charge < -0.3 is 4.74 Å². The van der Waals surface area contributed by atoms with Gasteiger partial charge in [0.25, 0.3) is 0 Å². The van der Waals surface area contributed by atoms with Crippen LogP contribution in [0.5, 0.6) is 5.75 Å². The molecule has 10 heteroatoms. The Morgan fingerprint density at radius 1 is 1.42 bits per heavy atom. The number of nitrogens with one attached hydrogen (secondary N) is 1. The summed E-state index contributed by atoms with van der Waals surface area (Å²) in [5.74, 6) is -0.855. The predicted molar refractivity (Wildman–Crippen MR) is 73.9 cm³/mol. The van der Waals surface area contributed by atoms with Crippen LogP contribution in [0.4, 0.5) is 14.5 Å². The molecule has 0 amide bonds. The van der Waals surface area contributed by atoms with Crippen molar-refractivity contribution in [2.24, 2.45) is 0 Å². The monoisotopic (exact) mass is 397 g/mol. The largest absolute Gasteiger partial charge is 0.431 e. The summed E-state index contributed by atoms with van der Waals surface area (Å²) < 4.78 is 54.1. The molecule has 0 aliphatic rings. The first-order chi connectivity index (χ1) is 8.75. The van der Waals surface area contributed by atoms with Crippen LogP contribution in [0.1, 0.15) is 0 Å². The summed E-state index contributed by atoms with van der Waals surface area (Å²) in [7, 11) is -3.76. The van der Waals surface area contributed by atoms with Crippen LogP contribution in [0.25, 0.3) is 0 Å². The van der Waals surface area contributed by atoms with Gasteiger partial charge in [-0.1, -0.05) is 11.6 Å². The lowest BCUT2D eigenvalue weighted by molar-refractivity contribution is -0.0498. The zero-order chi connectivity index (χ0) is 14.6. The second-order valence-corrected chi connectivity index (χ2v) is 6.76. The molecule has 0 saturated heterocycles. The van der Waals surface area contributed by atoms with Gasteiger partial charge in [0.15, 0.2) is 5.75 Å². The van der Waals surface area contributed by atoms with E-state index in [2.05, 4.69) is 25.4 Å². The van der Waals surface area contributed by atoms with Crippen molar-refractivity contribution in [3.05, 3.63) is 21.6 Å². The first kappa shape index (κ1) is 16.7. The summed E-state index contributed by atoms with van der Waals surface area (Å²) >= 11 is 14.0. The maximum absolute atomic E-state index is 12.3. The van der Waals surface area contributed by atoms with Crippen LogP contribution in [0.15, 0.2) is 16.6 Å².